The highest BCUT2D eigenvalue weighted by molar-refractivity contribution is 5.99. The van der Waals surface area contributed by atoms with Crippen LogP contribution in [0.1, 0.15) is 102 Å². The number of hydrogen-bond acceptors (Lipinski definition) is 19. The Balaban J connectivity index is 0.000000121. The van der Waals surface area contributed by atoms with Crippen LogP contribution in [0.5, 0.6) is 17.2 Å². The molecule has 9 aliphatic heterocycles. The average molecular weight is 1740 g/mol. The lowest BCUT2D eigenvalue weighted by Gasteiger charge is -2.51. The van der Waals surface area contributed by atoms with Crippen molar-refractivity contribution in [2.24, 2.45) is 0 Å². The maximum atomic E-state index is 15.9. The summed E-state index contributed by atoms with van der Waals surface area (Å²) in [6.45, 7) is 5.04. The van der Waals surface area contributed by atoms with E-state index < -0.39 is 123 Å². The fourth-order valence-electron chi connectivity index (χ4n) is 18.8. The molecule has 0 aliphatic carbocycles. The second kappa shape index (κ2) is 32.7. The molecule has 0 bridgehead atoms. The minimum Gasteiger partial charge on any atom is -0.482 e. The summed E-state index contributed by atoms with van der Waals surface area (Å²) in [6, 6.07) is 51.7. The van der Waals surface area contributed by atoms with Gasteiger partial charge in [0.25, 0.3) is 17.7 Å². The monoisotopic (exact) mass is 1740 g/mol. The predicted octanol–water partition coefficient (Wildman–Crippen LogP) is 13.0. The van der Waals surface area contributed by atoms with E-state index in [-0.39, 0.29) is 118 Å². The van der Waals surface area contributed by atoms with Gasteiger partial charge in [0.2, 0.25) is 27.8 Å². The molecule has 0 spiro atoms. The molecular weight excluding hydrogens is 1670 g/mol. The lowest BCUT2D eigenvalue weighted by atomic mass is 9.91. The summed E-state index contributed by atoms with van der Waals surface area (Å²) < 4.78 is 146. The Morgan fingerprint density at radius 3 is 1.02 bits per heavy atom. The summed E-state index contributed by atoms with van der Waals surface area (Å²) in [4.78, 5) is 111. The highest BCUT2D eigenvalue weighted by Gasteiger charge is 2.52. The van der Waals surface area contributed by atoms with E-state index in [1.54, 1.807) is 104 Å². The number of rotatable bonds is 10. The minimum atomic E-state index is -1.13. The van der Waals surface area contributed by atoms with Gasteiger partial charge < -0.3 is 66.3 Å². The van der Waals surface area contributed by atoms with Crippen molar-refractivity contribution in [3.63, 3.8) is 0 Å². The van der Waals surface area contributed by atoms with Crippen LogP contribution in [0, 0.1) is 34.9 Å². The maximum absolute atomic E-state index is 15.9. The van der Waals surface area contributed by atoms with Crippen molar-refractivity contribution in [1.29, 1.82) is 0 Å². The second-order valence-corrected chi connectivity index (χ2v) is 30.9. The number of fused-ring (bicyclic) bond motifs is 21. The second-order valence-electron chi connectivity index (χ2n) is 30.9. The highest BCUT2D eigenvalue weighted by atomic mass is 19.2. The standard InChI is InChI=1S/C34H26F2N4O4.2C30H24F2N4O6/c35-24-13-12-23-29(30(24)36)26-11-6-15-37(26)25-10-5-4-9-22(25)31(23)40-28-20-43-18-17-38(28)34(42)32-33(27(41)14-16-39(32)40)44-19-21-7-2-1-3-8-21;2*1-2-41-30(39)42-28-22(37)11-13-35-27(28)29(38)34-14-15-40-16-23(34)36(35)26-17-6-3-4-7-20(17)33-12-5-8-21(33)24-18(26)9-10-19(31)25(24)32/h1-16,28,31H,17-20H2;2*3-13,23,26H,2,14-16H2,1H3/t28-,31-;23-,26-;/m11./s1. The van der Waals surface area contributed by atoms with Gasteiger partial charge in [0.15, 0.2) is 57.7 Å². The molecule has 13 aromatic rings. The quantitative estimate of drug-likeness (QED) is 0.0910. The molecule has 0 N–H and O–H groups in total. The van der Waals surface area contributed by atoms with E-state index in [1.165, 1.54) is 61.9 Å². The largest absolute Gasteiger partial charge is 0.514 e. The lowest BCUT2D eigenvalue weighted by Crippen LogP contribution is -2.66. The van der Waals surface area contributed by atoms with Gasteiger partial charge in [-0.2, -0.15) is 0 Å². The Morgan fingerprint density at radius 1 is 0.359 bits per heavy atom. The van der Waals surface area contributed by atoms with E-state index >= 15 is 13.2 Å². The Bertz CT molecular complexity index is 6650. The molecule has 9 aliphatic rings. The van der Waals surface area contributed by atoms with Gasteiger partial charge in [-0.1, -0.05) is 103 Å². The number of hydrogen-bond donors (Lipinski definition) is 0. The van der Waals surface area contributed by atoms with E-state index in [0.29, 0.717) is 51.8 Å². The number of ether oxygens (including phenoxy) is 8. The molecule has 22 rings (SSSR count). The first kappa shape index (κ1) is 81.2. The van der Waals surface area contributed by atoms with Gasteiger partial charge in [-0.15, -0.1) is 0 Å². The Hall–Kier alpha value is -15.2. The molecule has 3 saturated heterocycles. The topological polar surface area (TPSA) is 259 Å². The molecule has 3 amide bonds. The fourth-order valence-corrected chi connectivity index (χ4v) is 18.8. The van der Waals surface area contributed by atoms with Crippen molar-refractivity contribution >= 4 is 30.0 Å². The molecule has 6 atom stereocenters. The number of amides is 3. The molecule has 15 heterocycles. The molecular formula is C94H74F6N12O16. The molecule has 2 unspecified atom stereocenters. The van der Waals surface area contributed by atoms with Crippen LogP contribution in [-0.4, -0.2) is 163 Å². The molecule has 6 aromatic heterocycles. The smallest absolute Gasteiger partial charge is 0.482 e. The Labute approximate surface area is 722 Å². The van der Waals surface area contributed by atoms with Crippen LogP contribution < -0.4 is 45.5 Å². The van der Waals surface area contributed by atoms with E-state index in [9.17, 15) is 51.5 Å². The van der Waals surface area contributed by atoms with Crippen LogP contribution >= 0.6 is 0 Å². The van der Waals surface area contributed by atoms with Gasteiger partial charge >= 0.3 is 12.3 Å². The number of carbonyl (C=O) groups excluding carboxylic acids is 5. The third-order valence-corrected chi connectivity index (χ3v) is 24.1. The summed E-state index contributed by atoms with van der Waals surface area (Å²) in [5.41, 5.74) is 6.14. The van der Waals surface area contributed by atoms with Crippen molar-refractivity contribution < 1.29 is 88.2 Å². The average Bonchev–Trinajstić information content (AvgIpc) is 1.41. The number of para-hydroxylation sites is 3. The third kappa shape index (κ3) is 13.2. The number of pyridine rings is 3. The van der Waals surface area contributed by atoms with Crippen LogP contribution in [0.25, 0.3) is 50.8 Å². The number of morpholine rings is 3. The first-order valence-corrected chi connectivity index (χ1v) is 41.2. The number of benzene rings is 7. The Kier molecular flexibility index (Phi) is 20.8. The van der Waals surface area contributed by atoms with Crippen molar-refractivity contribution in [2.45, 2.75) is 57.1 Å². The predicted molar refractivity (Wildman–Crippen MR) is 449 cm³/mol. The fraction of sp³-hybridized carbons (Fsp3) is 0.213. The summed E-state index contributed by atoms with van der Waals surface area (Å²) in [5, 5.41) is 5.50. The SMILES string of the molecule is CCOC(=O)Oc1c2n(ccc1=O)N(C1c3ccccc3-n3cccc3-c3c1ccc(F)c3F)C1COCCN1C2=O.CCOC(=O)Oc1c2n(ccc1=O)N([C@@H]1c3ccccc3-n3cccc3-c3c1ccc(F)c3F)[C@@H]1COCCN1C2=O.O=C1c2c(OCc3ccccc3)c(=O)ccn2N([C@@H]2c3ccccc3-n3cccc3-c3c2ccc(F)c3F)[C@@H]2COCCN12. The molecule has 648 valence electrons. The van der Waals surface area contributed by atoms with Crippen LogP contribution in [0.4, 0.5) is 35.9 Å². The summed E-state index contributed by atoms with van der Waals surface area (Å²) >= 11 is 0. The normalized spacial score (nSPS) is 18.6. The van der Waals surface area contributed by atoms with Crippen molar-refractivity contribution in [1.82, 2.24) is 42.4 Å². The van der Waals surface area contributed by atoms with Gasteiger partial charge in [0, 0.05) is 108 Å². The van der Waals surface area contributed by atoms with Crippen LogP contribution in [0.3, 0.4) is 0 Å². The third-order valence-electron chi connectivity index (χ3n) is 24.1. The van der Waals surface area contributed by atoms with E-state index in [4.69, 9.17) is 37.9 Å². The van der Waals surface area contributed by atoms with Crippen molar-refractivity contribution in [2.75, 3.05) is 87.5 Å². The molecule has 7 aromatic carbocycles. The molecule has 128 heavy (non-hydrogen) atoms. The molecule has 0 radical (unpaired) electrons. The number of halogens is 6. The number of nitrogens with zero attached hydrogens (tertiary/aromatic N) is 12. The van der Waals surface area contributed by atoms with Crippen LogP contribution in [-0.2, 0) is 30.3 Å². The van der Waals surface area contributed by atoms with Gasteiger partial charge in [-0.3, -0.25) is 57.8 Å². The van der Waals surface area contributed by atoms with Gasteiger partial charge in [-0.05, 0) is 109 Å². The first-order valence-electron chi connectivity index (χ1n) is 41.2. The van der Waals surface area contributed by atoms with Gasteiger partial charge in [0.1, 0.15) is 43.2 Å². The zero-order valence-corrected chi connectivity index (χ0v) is 68.1. The number of aromatic nitrogens is 6. The van der Waals surface area contributed by atoms with E-state index in [2.05, 4.69) is 0 Å². The lowest BCUT2D eigenvalue weighted by molar-refractivity contribution is -0.0198. The maximum Gasteiger partial charge on any atom is 0.514 e. The molecule has 28 nitrogen and oxygen atoms in total. The highest BCUT2D eigenvalue weighted by Crippen LogP contribution is 2.51. The van der Waals surface area contributed by atoms with Gasteiger partial charge in [-0.25, -0.2) is 35.9 Å². The Morgan fingerprint density at radius 2 is 0.680 bits per heavy atom. The first-order chi connectivity index (χ1) is 62.3. The molecule has 34 heteroatoms. The zero-order chi connectivity index (χ0) is 88.2. The summed E-state index contributed by atoms with van der Waals surface area (Å²) in [7, 11) is 0. The van der Waals surface area contributed by atoms with Crippen molar-refractivity contribution in [3.05, 3.63) is 353 Å². The zero-order valence-electron chi connectivity index (χ0n) is 68.1. The number of carbonyl (C=O) groups is 5. The van der Waals surface area contributed by atoms with E-state index in [0.717, 1.165) is 46.1 Å². The van der Waals surface area contributed by atoms with E-state index in [1.807, 2.05) is 119 Å². The molecule has 3 fully saturated rings. The van der Waals surface area contributed by atoms with Gasteiger partial charge in [0.05, 0.1) is 87.0 Å². The summed E-state index contributed by atoms with van der Waals surface area (Å²) in [6.07, 6.45) is 5.42. The summed E-state index contributed by atoms with van der Waals surface area (Å²) in [5.74, 6) is -8.47. The van der Waals surface area contributed by atoms with Crippen LogP contribution in [0.15, 0.2) is 246 Å². The minimum absolute atomic E-state index is 0.000632. The van der Waals surface area contributed by atoms with Crippen LogP contribution in [0.2, 0.25) is 0 Å². The molecule has 0 saturated carbocycles. The van der Waals surface area contributed by atoms with Crippen molar-refractivity contribution in [3.8, 4) is 68.1 Å².